The Morgan fingerprint density at radius 3 is 2.89 bits per heavy atom. The average molecular weight is 258 g/mol. The number of rotatable bonds is 5. The van der Waals surface area contributed by atoms with Crippen molar-refractivity contribution in [2.45, 2.75) is 62.7 Å². The Bertz CT molecular complexity index is 277. The maximum Gasteiger partial charge on any atom is 0.207 e. The number of aliphatic hydroxyl groups is 1. The second-order valence-electron chi connectivity index (χ2n) is 5.15. The standard InChI is InChI=1S/C12H22N2O4/c13-8-3-9(14-7-16)5-11(4-8)18-12-2-1-10(6-15)17-12/h7-12,15H,1-6,13H2,(H,14,16). The van der Waals surface area contributed by atoms with Gasteiger partial charge in [0.05, 0.1) is 18.8 Å². The quantitative estimate of drug-likeness (QED) is 0.578. The number of nitrogens with two attached hydrogens (primary N) is 1. The molecule has 2 aliphatic rings. The van der Waals surface area contributed by atoms with Crippen molar-refractivity contribution in [1.82, 2.24) is 5.32 Å². The zero-order valence-corrected chi connectivity index (χ0v) is 10.5. The Balaban J connectivity index is 1.79. The fourth-order valence-corrected chi connectivity index (χ4v) is 2.77. The minimum Gasteiger partial charge on any atom is -0.394 e. The van der Waals surface area contributed by atoms with Crippen LogP contribution in [0.3, 0.4) is 0 Å². The van der Waals surface area contributed by atoms with Gasteiger partial charge in [-0.05, 0) is 25.7 Å². The predicted octanol–water partition coefficient (Wildman–Crippen LogP) is -0.505. The van der Waals surface area contributed by atoms with Gasteiger partial charge in [-0.1, -0.05) is 0 Å². The van der Waals surface area contributed by atoms with Crippen molar-refractivity contribution >= 4 is 6.41 Å². The van der Waals surface area contributed by atoms with Crippen molar-refractivity contribution in [2.75, 3.05) is 6.61 Å². The van der Waals surface area contributed by atoms with Crippen LogP contribution in [0.1, 0.15) is 32.1 Å². The molecule has 0 bridgehead atoms. The molecular formula is C12H22N2O4. The summed E-state index contributed by atoms with van der Waals surface area (Å²) in [5, 5.41) is 11.8. The van der Waals surface area contributed by atoms with E-state index in [1.54, 1.807) is 0 Å². The molecule has 0 radical (unpaired) electrons. The van der Waals surface area contributed by atoms with Crippen LogP contribution >= 0.6 is 0 Å². The molecule has 4 N–H and O–H groups in total. The third-order valence-corrected chi connectivity index (χ3v) is 3.62. The third-order valence-electron chi connectivity index (χ3n) is 3.62. The van der Waals surface area contributed by atoms with Crippen LogP contribution < -0.4 is 11.1 Å². The van der Waals surface area contributed by atoms with E-state index in [0.717, 1.165) is 32.1 Å². The molecule has 0 aromatic heterocycles. The van der Waals surface area contributed by atoms with Gasteiger partial charge < -0.3 is 25.6 Å². The number of carbonyl (C=O) groups is 1. The number of carbonyl (C=O) groups excluding carboxylic acids is 1. The largest absolute Gasteiger partial charge is 0.394 e. The van der Waals surface area contributed by atoms with Crippen LogP contribution in [0.2, 0.25) is 0 Å². The van der Waals surface area contributed by atoms with E-state index in [-0.39, 0.29) is 37.2 Å². The van der Waals surface area contributed by atoms with Crippen LogP contribution in [0.15, 0.2) is 0 Å². The fraction of sp³-hybridized carbons (Fsp3) is 0.917. The molecule has 18 heavy (non-hydrogen) atoms. The van der Waals surface area contributed by atoms with Gasteiger partial charge >= 0.3 is 0 Å². The number of amides is 1. The zero-order valence-electron chi connectivity index (χ0n) is 10.5. The molecule has 1 aliphatic heterocycles. The normalized spacial score (nSPS) is 40.7. The fourth-order valence-electron chi connectivity index (χ4n) is 2.77. The Labute approximate surface area is 107 Å². The van der Waals surface area contributed by atoms with Crippen LogP contribution in [0.4, 0.5) is 0 Å². The summed E-state index contributed by atoms with van der Waals surface area (Å²) in [4.78, 5) is 10.5. The van der Waals surface area contributed by atoms with Gasteiger partial charge in [-0.25, -0.2) is 0 Å². The van der Waals surface area contributed by atoms with E-state index in [1.807, 2.05) is 0 Å². The minimum atomic E-state index is -0.241. The predicted molar refractivity (Wildman–Crippen MR) is 64.7 cm³/mol. The second kappa shape index (κ2) is 6.47. The summed E-state index contributed by atoms with van der Waals surface area (Å²) in [6.07, 6.45) is 4.39. The molecule has 1 heterocycles. The first-order valence-electron chi connectivity index (χ1n) is 6.58. The van der Waals surface area contributed by atoms with Crippen molar-refractivity contribution in [3.8, 4) is 0 Å². The van der Waals surface area contributed by atoms with Crippen molar-refractivity contribution in [3.05, 3.63) is 0 Å². The summed E-state index contributed by atoms with van der Waals surface area (Å²) in [7, 11) is 0. The first-order valence-corrected chi connectivity index (χ1v) is 6.58. The number of nitrogens with one attached hydrogen (secondary N) is 1. The van der Waals surface area contributed by atoms with E-state index < -0.39 is 0 Å². The Morgan fingerprint density at radius 1 is 1.39 bits per heavy atom. The molecule has 6 heteroatoms. The Hall–Kier alpha value is -0.690. The highest BCUT2D eigenvalue weighted by Gasteiger charge is 2.32. The van der Waals surface area contributed by atoms with E-state index in [4.69, 9.17) is 20.3 Å². The lowest BCUT2D eigenvalue weighted by molar-refractivity contribution is -0.175. The number of hydrogen-bond acceptors (Lipinski definition) is 5. The first kappa shape index (κ1) is 13.7. The van der Waals surface area contributed by atoms with E-state index in [1.165, 1.54) is 0 Å². The smallest absolute Gasteiger partial charge is 0.207 e. The highest BCUT2D eigenvalue weighted by atomic mass is 16.7. The minimum absolute atomic E-state index is 0.0219. The van der Waals surface area contributed by atoms with Gasteiger partial charge in [0, 0.05) is 18.5 Å². The average Bonchev–Trinajstić information content (AvgIpc) is 2.76. The molecule has 5 atom stereocenters. The molecule has 2 rings (SSSR count). The van der Waals surface area contributed by atoms with Gasteiger partial charge in [0.25, 0.3) is 0 Å². The molecule has 1 saturated heterocycles. The van der Waals surface area contributed by atoms with Gasteiger partial charge in [0.2, 0.25) is 6.41 Å². The summed E-state index contributed by atoms with van der Waals surface area (Å²) < 4.78 is 11.4. The molecule has 1 amide bonds. The van der Waals surface area contributed by atoms with Gasteiger partial charge in [-0.15, -0.1) is 0 Å². The highest BCUT2D eigenvalue weighted by molar-refractivity contribution is 5.46. The molecule has 0 spiro atoms. The Morgan fingerprint density at radius 2 is 2.22 bits per heavy atom. The number of hydrogen-bond donors (Lipinski definition) is 3. The summed E-state index contributed by atoms with van der Waals surface area (Å²) in [6, 6.07) is 0.141. The SMILES string of the molecule is NC1CC(NC=O)CC(OC2CCC(CO)O2)C1. The molecular weight excluding hydrogens is 236 g/mol. The van der Waals surface area contributed by atoms with Gasteiger partial charge in [-0.2, -0.15) is 0 Å². The van der Waals surface area contributed by atoms with Crippen LogP contribution in [-0.2, 0) is 14.3 Å². The van der Waals surface area contributed by atoms with E-state index in [2.05, 4.69) is 5.32 Å². The van der Waals surface area contributed by atoms with Gasteiger partial charge in [-0.3, -0.25) is 4.79 Å². The number of ether oxygens (including phenoxy) is 2. The monoisotopic (exact) mass is 258 g/mol. The van der Waals surface area contributed by atoms with Crippen LogP contribution in [-0.4, -0.2) is 48.7 Å². The van der Waals surface area contributed by atoms with E-state index in [0.29, 0.717) is 6.41 Å². The van der Waals surface area contributed by atoms with Gasteiger partial charge in [0.1, 0.15) is 0 Å². The molecule has 2 fully saturated rings. The second-order valence-corrected chi connectivity index (χ2v) is 5.15. The maximum atomic E-state index is 10.5. The topological polar surface area (TPSA) is 93.8 Å². The van der Waals surface area contributed by atoms with E-state index in [9.17, 15) is 4.79 Å². The van der Waals surface area contributed by atoms with Gasteiger partial charge in [0.15, 0.2) is 6.29 Å². The first-order chi connectivity index (χ1) is 8.71. The molecule has 1 saturated carbocycles. The summed E-state index contributed by atoms with van der Waals surface area (Å²) >= 11 is 0. The summed E-state index contributed by atoms with van der Waals surface area (Å²) in [5.41, 5.74) is 5.96. The maximum absolute atomic E-state index is 10.5. The van der Waals surface area contributed by atoms with E-state index >= 15 is 0 Å². The Kier molecular flexibility index (Phi) is 4.94. The van der Waals surface area contributed by atoms with Crippen LogP contribution in [0.5, 0.6) is 0 Å². The molecule has 5 unspecified atom stereocenters. The lowest BCUT2D eigenvalue weighted by atomic mass is 9.89. The molecule has 0 aromatic rings. The van der Waals surface area contributed by atoms with Crippen molar-refractivity contribution in [3.63, 3.8) is 0 Å². The molecule has 104 valence electrons. The van der Waals surface area contributed by atoms with Crippen LogP contribution in [0.25, 0.3) is 0 Å². The van der Waals surface area contributed by atoms with Crippen LogP contribution in [0, 0.1) is 0 Å². The zero-order chi connectivity index (χ0) is 13.0. The molecule has 6 nitrogen and oxygen atoms in total. The third kappa shape index (κ3) is 3.65. The highest BCUT2D eigenvalue weighted by Crippen LogP contribution is 2.27. The lowest BCUT2D eigenvalue weighted by Crippen LogP contribution is -2.45. The van der Waals surface area contributed by atoms with Crippen molar-refractivity contribution in [2.24, 2.45) is 5.73 Å². The van der Waals surface area contributed by atoms with Crippen molar-refractivity contribution in [1.29, 1.82) is 0 Å². The lowest BCUT2D eigenvalue weighted by Gasteiger charge is -2.34. The molecule has 0 aromatic carbocycles. The summed E-state index contributed by atoms with van der Waals surface area (Å²) in [5.74, 6) is 0. The summed E-state index contributed by atoms with van der Waals surface area (Å²) in [6.45, 7) is 0.0410. The van der Waals surface area contributed by atoms with Crippen molar-refractivity contribution < 1.29 is 19.4 Å². The number of aliphatic hydroxyl groups excluding tert-OH is 1. The molecule has 1 aliphatic carbocycles.